The second kappa shape index (κ2) is 12.3. The summed E-state index contributed by atoms with van der Waals surface area (Å²) in [6.45, 7) is 4.94. The molecule has 0 radical (unpaired) electrons. The van der Waals surface area contributed by atoms with Gasteiger partial charge in [0.15, 0.2) is 0 Å². The van der Waals surface area contributed by atoms with Crippen molar-refractivity contribution >= 4 is 18.0 Å². The number of ether oxygens (including phenoxy) is 3. The van der Waals surface area contributed by atoms with Gasteiger partial charge in [-0.3, -0.25) is 4.79 Å². The van der Waals surface area contributed by atoms with Crippen molar-refractivity contribution in [2.45, 2.75) is 57.7 Å². The number of amides is 2. The summed E-state index contributed by atoms with van der Waals surface area (Å²) in [5.41, 5.74) is 0.354. The van der Waals surface area contributed by atoms with Crippen LogP contribution in [0, 0.1) is 0 Å². The quantitative estimate of drug-likeness (QED) is 0.496. The van der Waals surface area contributed by atoms with Gasteiger partial charge in [-0.05, 0) is 44.0 Å². The molecule has 0 aliphatic carbocycles. The van der Waals surface area contributed by atoms with Gasteiger partial charge in [-0.1, -0.05) is 42.5 Å². The summed E-state index contributed by atoms with van der Waals surface area (Å²) in [5.74, 6) is -1.82. The third-order valence-corrected chi connectivity index (χ3v) is 4.69. The Kier molecular flexibility index (Phi) is 9.71. The summed E-state index contributed by atoms with van der Waals surface area (Å²) in [7, 11) is 1.19. The number of rotatable bonds is 9. The van der Waals surface area contributed by atoms with E-state index in [1.54, 1.807) is 51.1 Å². The maximum atomic E-state index is 13.2. The third-order valence-electron chi connectivity index (χ3n) is 4.69. The maximum absolute atomic E-state index is 13.2. The van der Waals surface area contributed by atoms with Crippen molar-refractivity contribution in [2.24, 2.45) is 0 Å². The molecule has 0 aromatic heterocycles. The van der Waals surface area contributed by atoms with Gasteiger partial charge >= 0.3 is 18.4 Å². The van der Waals surface area contributed by atoms with Crippen LogP contribution in [0.25, 0.3) is 0 Å². The Morgan fingerprint density at radius 3 is 1.92 bits per heavy atom. The molecule has 2 atom stereocenters. The fraction of sp³-hybridized carbons (Fsp3) is 0.400. The number of benzene rings is 2. The minimum atomic E-state index is -4.84. The first-order valence-corrected chi connectivity index (χ1v) is 11.0. The van der Waals surface area contributed by atoms with Crippen LogP contribution < -0.4 is 15.4 Å². The number of carbonyl (C=O) groups excluding carboxylic acids is 3. The molecule has 0 aliphatic heterocycles. The van der Waals surface area contributed by atoms with Gasteiger partial charge in [-0.15, -0.1) is 13.2 Å². The van der Waals surface area contributed by atoms with Crippen LogP contribution in [0.4, 0.5) is 18.0 Å². The number of esters is 1. The zero-order valence-electron chi connectivity index (χ0n) is 20.3. The third kappa shape index (κ3) is 10.2. The van der Waals surface area contributed by atoms with Crippen LogP contribution in [0.5, 0.6) is 5.75 Å². The van der Waals surface area contributed by atoms with E-state index >= 15 is 0 Å². The Morgan fingerprint density at radius 2 is 1.39 bits per heavy atom. The molecule has 11 heteroatoms. The van der Waals surface area contributed by atoms with Crippen LogP contribution in [-0.4, -0.2) is 49.1 Å². The fourth-order valence-electron chi connectivity index (χ4n) is 3.18. The number of nitrogens with one attached hydrogen (secondary N) is 2. The number of carbonyl (C=O) groups is 3. The van der Waals surface area contributed by atoms with Crippen LogP contribution in [0.1, 0.15) is 31.9 Å². The van der Waals surface area contributed by atoms with Crippen LogP contribution in [0.2, 0.25) is 0 Å². The summed E-state index contributed by atoms with van der Waals surface area (Å²) < 4.78 is 51.2. The highest BCUT2D eigenvalue weighted by molar-refractivity contribution is 5.90. The summed E-state index contributed by atoms with van der Waals surface area (Å²) >= 11 is 0. The van der Waals surface area contributed by atoms with Gasteiger partial charge in [-0.25, -0.2) is 9.59 Å². The van der Waals surface area contributed by atoms with E-state index in [1.165, 1.54) is 19.2 Å². The SMILES string of the molecule is COC(=O)[C@H](Cc1ccccc1)NC(=O)[C@H](Cc1ccc(OC(F)(F)F)cc1)NC(=O)OC(C)(C)C. The van der Waals surface area contributed by atoms with E-state index < -0.39 is 47.8 Å². The Morgan fingerprint density at radius 1 is 0.833 bits per heavy atom. The predicted molar refractivity (Wildman–Crippen MR) is 124 cm³/mol. The lowest BCUT2D eigenvalue weighted by Gasteiger charge is -2.25. The van der Waals surface area contributed by atoms with Crippen molar-refractivity contribution < 1.29 is 41.8 Å². The summed E-state index contributed by atoms with van der Waals surface area (Å²) in [4.78, 5) is 37.9. The second-order valence-electron chi connectivity index (χ2n) is 8.87. The van der Waals surface area contributed by atoms with E-state index in [0.29, 0.717) is 5.56 Å². The first kappa shape index (κ1) is 28.5. The van der Waals surface area contributed by atoms with Gasteiger partial charge in [0.2, 0.25) is 5.91 Å². The molecule has 0 aliphatic rings. The molecule has 2 rings (SSSR count). The highest BCUT2D eigenvalue weighted by Gasteiger charge is 2.32. The molecule has 2 aromatic carbocycles. The summed E-state index contributed by atoms with van der Waals surface area (Å²) in [6.07, 6.45) is -5.68. The molecule has 0 fully saturated rings. The molecule has 36 heavy (non-hydrogen) atoms. The number of halogens is 3. The molecule has 0 spiro atoms. The number of hydrogen-bond donors (Lipinski definition) is 2. The van der Waals surface area contributed by atoms with E-state index in [-0.39, 0.29) is 12.8 Å². The Balaban J connectivity index is 2.22. The van der Waals surface area contributed by atoms with Gasteiger partial charge in [0, 0.05) is 12.8 Å². The largest absolute Gasteiger partial charge is 0.573 e. The number of methoxy groups -OCH3 is 1. The molecule has 2 amide bonds. The Bertz CT molecular complexity index is 1020. The molecule has 0 saturated carbocycles. The van der Waals surface area contributed by atoms with Gasteiger partial charge < -0.3 is 24.8 Å². The molecule has 0 bridgehead atoms. The van der Waals surface area contributed by atoms with Crippen molar-refractivity contribution in [1.29, 1.82) is 0 Å². The van der Waals surface area contributed by atoms with Crippen molar-refractivity contribution in [2.75, 3.05) is 7.11 Å². The Labute approximate surface area is 207 Å². The average molecular weight is 511 g/mol. The zero-order chi connectivity index (χ0) is 26.9. The fourth-order valence-corrected chi connectivity index (χ4v) is 3.18. The molecule has 0 heterocycles. The minimum absolute atomic E-state index is 0.101. The minimum Gasteiger partial charge on any atom is -0.467 e. The standard InChI is InChI=1S/C25H29F3N2O6/c1-24(2,3)36-23(33)30-19(14-17-10-12-18(13-11-17)35-25(26,27)28)21(31)29-20(22(32)34-4)15-16-8-6-5-7-9-16/h5-13,19-20H,14-15H2,1-4H3,(H,29,31)(H,30,33)/t19-,20-/m0/s1. The monoisotopic (exact) mass is 510 g/mol. The first-order valence-electron chi connectivity index (χ1n) is 11.0. The number of alkyl carbamates (subject to hydrolysis) is 1. The molecular formula is C25H29F3N2O6. The topological polar surface area (TPSA) is 103 Å². The van der Waals surface area contributed by atoms with Crippen molar-refractivity contribution in [3.63, 3.8) is 0 Å². The smallest absolute Gasteiger partial charge is 0.467 e. The highest BCUT2D eigenvalue weighted by Crippen LogP contribution is 2.23. The Hall–Kier alpha value is -3.76. The van der Waals surface area contributed by atoms with E-state index in [1.807, 2.05) is 0 Å². The van der Waals surface area contributed by atoms with Gasteiger partial charge in [-0.2, -0.15) is 0 Å². The van der Waals surface area contributed by atoms with Crippen LogP contribution in [0.3, 0.4) is 0 Å². The molecule has 2 aromatic rings. The van der Waals surface area contributed by atoms with Crippen LogP contribution in [-0.2, 0) is 31.9 Å². The maximum Gasteiger partial charge on any atom is 0.573 e. The molecular weight excluding hydrogens is 481 g/mol. The van der Waals surface area contributed by atoms with E-state index in [2.05, 4.69) is 15.4 Å². The van der Waals surface area contributed by atoms with Gasteiger partial charge in [0.1, 0.15) is 23.4 Å². The van der Waals surface area contributed by atoms with Gasteiger partial charge in [0.05, 0.1) is 7.11 Å². The molecule has 0 saturated heterocycles. The lowest BCUT2D eigenvalue weighted by atomic mass is 10.0. The second-order valence-corrected chi connectivity index (χ2v) is 8.87. The summed E-state index contributed by atoms with van der Waals surface area (Å²) in [5, 5.41) is 5.05. The van der Waals surface area contributed by atoms with E-state index in [9.17, 15) is 27.6 Å². The number of hydrogen-bond acceptors (Lipinski definition) is 6. The van der Waals surface area contributed by atoms with Crippen LogP contribution >= 0.6 is 0 Å². The lowest BCUT2D eigenvalue weighted by molar-refractivity contribution is -0.274. The summed E-state index contributed by atoms with van der Waals surface area (Å²) in [6, 6.07) is 11.5. The van der Waals surface area contributed by atoms with E-state index in [0.717, 1.165) is 17.7 Å². The average Bonchev–Trinajstić information content (AvgIpc) is 2.77. The molecule has 196 valence electrons. The van der Waals surface area contributed by atoms with Crippen LogP contribution in [0.15, 0.2) is 54.6 Å². The molecule has 8 nitrogen and oxygen atoms in total. The first-order chi connectivity index (χ1) is 16.8. The number of alkyl halides is 3. The molecule has 0 unspecified atom stereocenters. The van der Waals surface area contributed by atoms with Crippen molar-refractivity contribution in [3.05, 3.63) is 65.7 Å². The van der Waals surface area contributed by atoms with Crippen molar-refractivity contribution in [3.8, 4) is 5.75 Å². The zero-order valence-corrected chi connectivity index (χ0v) is 20.3. The van der Waals surface area contributed by atoms with Crippen molar-refractivity contribution in [1.82, 2.24) is 10.6 Å². The molecule has 2 N–H and O–H groups in total. The van der Waals surface area contributed by atoms with Gasteiger partial charge in [0.25, 0.3) is 0 Å². The highest BCUT2D eigenvalue weighted by atomic mass is 19.4. The van der Waals surface area contributed by atoms with E-state index in [4.69, 9.17) is 9.47 Å². The predicted octanol–water partition coefficient (Wildman–Crippen LogP) is 3.92. The lowest BCUT2D eigenvalue weighted by Crippen LogP contribution is -2.53. The normalized spacial score (nSPS) is 13.2.